The zero-order valence-electron chi connectivity index (χ0n) is 5.69. The van der Waals surface area contributed by atoms with E-state index < -0.39 is 0 Å². The zero-order valence-corrected chi connectivity index (χ0v) is 11.0. The maximum atomic E-state index is 3.71. The summed E-state index contributed by atoms with van der Waals surface area (Å²) < 4.78 is 0.810. The third kappa shape index (κ3) is 2.63. The first-order valence-electron chi connectivity index (χ1n) is 3.64. The summed E-state index contributed by atoms with van der Waals surface area (Å²) in [6.45, 7) is 0. The maximum Gasteiger partial charge on any atom is 0.0388 e. The first-order valence-corrected chi connectivity index (χ1v) is 6.71. The van der Waals surface area contributed by atoms with E-state index in [4.69, 9.17) is 0 Å². The predicted octanol–water partition coefficient (Wildman–Crippen LogP) is 3.89. The average Bonchev–Trinajstić information content (AvgIpc) is 2.04. The Labute approximate surface area is 92.9 Å². The molecule has 0 aliphatic heterocycles. The molecule has 0 nitrogen and oxygen atoms in total. The Morgan fingerprint density at radius 2 is 1.70 bits per heavy atom. The van der Waals surface area contributed by atoms with E-state index in [2.05, 4.69) is 54.5 Å². The number of rotatable bonds is 0. The topological polar surface area (TPSA) is 0 Å². The van der Waals surface area contributed by atoms with Crippen LogP contribution in [-0.2, 0) is 0 Å². The molecule has 0 aromatic carbocycles. The lowest BCUT2D eigenvalue weighted by atomic mass is 10.2. The lowest BCUT2D eigenvalue weighted by molar-refractivity contribution is 0.715. The molecule has 0 aromatic rings. The predicted molar refractivity (Wildman–Crippen MR) is 61.7 cm³/mol. The minimum Gasteiger partial charge on any atom is -0.0878 e. The third-order valence-electron chi connectivity index (χ3n) is 1.90. The Kier molecular flexibility index (Phi) is 4.55. The van der Waals surface area contributed by atoms with E-state index in [1.54, 1.807) is 0 Å². The van der Waals surface area contributed by atoms with Crippen molar-refractivity contribution in [1.82, 2.24) is 0 Å². The molecule has 1 rings (SSSR count). The van der Waals surface area contributed by atoms with Crippen LogP contribution < -0.4 is 0 Å². The maximum absolute atomic E-state index is 3.71. The van der Waals surface area contributed by atoms with Crippen molar-refractivity contribution in [3.63, 3.8) is 0 Å². The molecule has 0 bridgehead atoms. The van der Waals surface area contributed by atoms with Crippen LogP contribution >= 0.6 is 54.5 Å². The van der Waals surface area contributed by atoms with Gasteiger partial charge in [0.2, 0.25) is 0 Å². The van der Waals surface area contributed by atoms with Crippen LogP contribution in [0.15, 0.2) is 0 Å². The molecule has 60 valence electrons. The molecule has 1 saturated carbocycles. The van der Waals surface area contributed by atoms with Gasteiger partial charge in [-0.05, 0) is 12.8 Å². The van der Waals surface area contributed by atoms with E-state index in [0.717, 1.165) is 3.92 Å². The third-order valence-corrected chi connectivity index (χ3v) is 7.30. The summed E-state index contributed by atoms with van der Waals surface area (Å²) in [5.41, 5.74) is 0. The summed E-state index contributed by atoms with van der Waals surface area (Å²) in [4.78, 5) is 1.37. The van der Waals surface area contributed by atoms with Crippen LogP contribution in [0.25, 0.3) is 0 Å². The first-order chi connectivity index (χ1) is 4.72. The SMILES string of the molecule is BrC1CCCCC(I)C1Br. The Morgan fingerprint density at radius 1 is 1.10 bits per heavy atom. The quantitative estimate of drug-likeness (QED) is 0.339. The van der Waals surface area contributed by atoms with E-state index in [-0.39, 0.29) is 0 Å². The van der Waals surface area contributed by atoms with Crippen molar-refractivity contribution in [1.29, 1.82) is 0 Å². The number of alkyl halides is 3. The van der Waals surface area contributed by atoms with Gasteiger partial charge in [0.25, 0.3) is 0 Å². The first kappa shape index (κ1) is 9.78. The van der Waals surface area contributed by atoms with Crippen molar-refractivity contribution in [3.8, 4) is 0 Å². The monoisotopic (exact) mass is 380 g/mol. The highest BCUT2D eigenvalue weighted by molar-refractivity contribution is 14.1. The molecule has 0 spiro atoms. The molecule has 0 heterocycles. The molecule has 3 heteroatoms. The second-order valence-electron chi connectivity index (χ2n) is 2.76. The van der Waals surface area contributed by atoms with Crippen molar-refractivity contribution >= 4 is 54.5 Å². The minimum atomic E-state index is 0.676. The van der Waals surface area contributed by atoms with Crippen LogP contribution in [0.2, 0.25) is 0 Å². The van der Waals surface area contributed by atoms with Gasteiger partial charge >= 0.3 is 0 Å². The van der Waals surface area contributed by atoms with Crippen LogP contribution in [-0.4, -0.2) is 13.6 Å². The highest BCUT2D eigenvalue weighted by atomic mass is 127. The van der Waals surface area contributed by atoms with Crippen molar-refractivity contribution in [3.05, 3.63) is 0 Å². The fourth-order valence-electron chi connectivity index (χ4n) is 1.22. The van der Waals surface area contributed by atoms with Gasteiger partial charge in [0.1, 0.15) is 0 Å². The van der Waals surface area contributed by atoms with Gasteiger partial charge in [0.05, 0.1) is 0 Å². The highest BCUT2D eigenvalue weighted by Crippen LogP contribution is 2.33. The second-order valence-corrected chi connectivity index (χ2v) is 6.59. The Hall–Kier alpha value is 1.69. The van der Waals surface area contributed by atoms with E-state index in [0.29, 0.717) is 9.65 Å². The van der Waals surface area contributed by atoms with Gasteiger partial charge in [-0.25, -0.2) is 0 Å². The summed E-state index contributed by atoms with van der Waals surface area (Å²) in [7, 11) is 0. The van der Waals surface area contributed by atoms with Crippen LogP contribution in [0.5, 0.6) is 0 Å². The van der Waals surface area contributed by atoms with Crippen LogP contribution in [0.4, 0.5) is 0 Å². The molecule has 0 N–H and O–H groups in total. The fraction of sp³-hybridized carbons (Fsp3) is 1.00. The molecule has 0 radical (unpaired) electrons. The zero-order chi connectivity index (χ0) is 7.56. The van der Waals surface area contributed by atoms with Crippen LogP contribution in [0.3, 0.4) is 0 Å². The molecule has 10 heavy (non-hydrogen) atoms. The standard InChI is InChI=1S/C7H11Br2I/c8-5-3-1-2-4-6(10)7(5)9/h5-7H,1-4H2. The van der Waals surface area contributed by atoms with E-state index in [9.17, 15) is 0 Å². The normalized spacial score (nSPS) is 42.9. The fourth-order valence-corrected chi connectivity index (χ4v) is 3.96. The molecule has 0 saturated heterocycles. The molecule has 1 aliphatic carbocycles. The number of hydrogen-bond donors (Lipinski definition) is 0. The molecular weight excluding hydrogens is 371 g/mol. The van der Waals surface area contributed by atoms with Gasteiger partial charge in [-0.1, -0.05) is 67.3 Å². The van der Waals surface area contributed by atoms with Gasteiger partial charge in [-0.3, -0.25) is 0 Å². The molecule has 3 atom stereocenters. The summed E-state index contributed by atoms with van der Waals surface area (Å²) in [5, 5.41) is 0. The summed E-state index contributed by atoms with van der Waals surface area (Å²) >= 11 is 9.95. The molecule has 1 fully saturated rings. The van der Waals surface area contributed by atoms with Gasteiger partial charge in [-0.2, -0.15) is 0 Å². The summed E-state index contributed by atoms with van der Waals surface area (Å²) in [6.07, 6.45) is 5.49. The molecule has 1 aliphatic rings. The van der Waals surface area contributed by atoms with Gasteiger partial charge in [0.15, 0.2) is 0 Å². The average molecular weight is 382 g/mol. The van der Waals surface area contributed by atoms with Crippen LogP contribution in [0.1, 0.15) is 25.7 Å². The van der Waals surface area contributed by atoms with Gasteiger partial charge < -0.3 is 0 Å². The minimum absolute atomic E-state index is 0.676. The number of hydrogen-bond acceptors (Lipinski definition) is 0. The number of halogens is 3. The molecule has 0 amide bonds. The van der Waals surface area contributed by atoms with Crippen molar-refractivity contribution in [2.24, 2.45) is 0 Å². The van der Waals surface area contributed by atoms with E-state index >= 15 is 0 Å². The van der Waals surface area contributed by atoms with Crippen molar-refractivity contribution < 1.29 is 0 Å². The highest BCUT2D eigenvalue weighted by Gasteiger charge is 2.25. The van der Waals surface area contributed by atoms with E-state index in [1.165, 1.54) is 25.7 Å². The lowest BCUT2D eigenvalue weighted by Gasteiger charge is -2.17. The Balaban J connectivity index is 2.46. The second kappa shape index (κ2) is 4.65. The summed E-state index contributed by atoms with van der Waals surface area (Å²) in [5.74, 6) is 0. The molecule has 0 aromatic heterocycles. The molecular formula is C7H11Br2I. The molecule has 3 unspecified atom stereocenters. The lowest BCUT2D eigenvalue weighted by Crippen LogP contribution is -2.21. The van der Waals surface area contributed by atoms with Gasteiger partial charge in [-0.15, -0.1) is 0 Å². The van der Waals surface area contributed by atoms with Crippen LogP contribution in [0, 0.1) is 0 Å². The summed E-state index contributed by atoms with van der Waals surface area (Å²) in [6, 6.07) is 0. The Morgan fingerprint density at radius 3 is 2.40 bits per heavy atom. The van der Waals surface area contributed by atoms with Crippen molar-refractivity contribution in [2.45, 2.75) is 39.3 Å². The largest absolute Gasteiger partial charge is 0.0878 e. The van der Waals surface area contributed by atoms with E-state index in [1.807, 2.05) is 0 Å². The van der Waals surface area contributed by atoms with Gasteiger partial charge in [0, 0.05) is 13.6 Å². The van der Waals surface area contributed by atoms with Crippen molar-refractivity contribution in [2.75, 3.05) is 0 Å². The smallest absolute Gasteiger partial charge is 0.0388 e. The Bertz CT molecular complexity index is 95.8.